The Morgan fingerprint density at radius 1 is 1.46 bits per heavy atom. The van der Waals surface area contributed by atoms with Gasteiger partial charge < -0.3 is 10.4 Å². The maximum Gasteiger partial charge on any atom is 0.295 e. The fourth-order valence-corrected chi connectivity index (χ4v) is 0.766. The molecule has 1 aromatic rings. The summed E-state index contributed by atoms with van der Waals surface area (Å²) in [6.07, 6.45) is 0. The van der Waals surface area contributed by atoms with Gasteiger partial charge in [-0.2, -0.15) is 0 Å². The second-order valence-electron chi connectivity index (χ2n) is 2.35. The second-order valence-corrected chi connectivity index (χ2v) is 2.35. The highest BCUT2D eigenvalue weighted by molar-refractivity contribution is 5.93. The number of phenolic OH excluding ortho intramolecular Hbond substituents is 1. The van der Waals surface area contributed by atoms with E-state index in [4.69, 9.17) is 0 Å². The zero-order valence-electron chi connectivity index (χ0n) is 7.16. The smallest absolute Gasteiger partial charge is 0.295 e. The SMILES string of the molecule is CNC(=O)C#Cc1ccccc1O. The van der Waals surface area contributed by atoms with Crippen molar-refractivity contribution in [2.45, 2.75) is 0 Å². The Morgan fingerprint density at radius 2 is 2.15 bits per heavy atom. The van der Waals surface area contributed by atoms with Gasteiger partial charge in [-0.25, -0.2) is 0 Å². The van der Waals surface area contributed by atoms with Crippen molar-refractivity contribution in [2.24, 2.45) is 0 Å². The van der Waals surface area contributed by atoms with Crippen LogP contribution in [-0.4, -0.2) is 18.1 Å². The third-order valence-electron chi connectivity index (χ3n) is 1.44. The summed E-state index contributed by atoms with van der Waals surface area (Å²) in [6, 6.07) is 6.60. The number of para-hydroxylation sites is 1. The van der Waals surface area contributed by atoms with Gasteiger partial charge in [-0.15, -0.1) is 0 Å². The summed E-state index contributed by atoms with van der Waals surface area (Å²) in [4.78, 5) is 10.7. The van der Waals surface area contributed by atoms with Crippen molar-refractivity contribution in [1.82, 2.24) is 5.32 Å². The summed E-state index contributed by atoms with van der Waals surface area (Å²) in [5.74, 6) is 4.59. The summed E-state index contributed by atoms with van der Waals surface area (Å²) in [5, 5.41) is 11.6. The fourth-order valence-electron chi connectivity index (χ4n) is 0.766. The van der Waals surface area contributed by atoms with Crippen molar-refractivity contribution >= 4 is 5.91 Å². The van der Waals surface area contributed by atoms with E-state index in [9.17, 15) is 9.90 Å². The molecule has 0 saturated heterocycles. The van der Waals surface area contributed by atoms with Gasteiger partial charge in [0.25, 0.3) is 5.91 Å². The van der Waals surface area contributed by atoms with E-state index in [-0.39, 0.29) is 11.7 Å². The second kappa shape index (κ2) is 4.17. The largest absolute Gasteiger partial charge is 0.507 e. The lowest BCUT2D eigenvalue weighted by atomic mass is 10.2. The first kappa shape index (κ1) is 9.14. The van der Waals surface area contributed by atoms with Crippen LogP contribution < -0.4 is 5.32 Å². The highest BCUT2D eigenvalue weighted by Gasteiger charge is 1.94. The van der Waals surface area contributed by atoms with E-state index in [0.29, 0.717) is 5.56 Å². The van der Waals surface area contributed by atoms with Crippen LogP contribution in [0.25, 0.3) is 0 Å². The van der Waals surface area contributed by atoms with Crippen molar-refractivity contribution in [3.63, 3.8) is 0 Å². The molecule has 2 N–H and O–H groups in total. The molecule has 13 heavy (non-hydrogen) atoms. The Morgan fingerprint density at radius 3 is 2.77 bits per heavy atom. The molecule has 1 aromatic carbocycles. The van der Waals surface area contributed by atoms with Crippen molar-refractivity contribution in [3.05, 3.63) is 29.8 Å². The highest BCUT2D eigenvalue weighted by Crippen LogP contribution is 2.13. The molecule has 0 aliphatic carbocycles. The molecule has 1 rings (SSSR count). The van der Waals surface area contributed by atoms with Crippen molar-refractivity contribution in [1.29, 1.82) is 0 Å². The summed E-state index contributed by atoms with van der Waals surface area (Å²) in [6.45, 7) is 0. The lowest BCUT2D eigenvalue weighted by Crippen LogP contribution is -2.14. The molecule has 3 nitrogen and oxygen atoms in total. The van der Waals surface area contributed by atoms with Gasteiger partial charge in [0, 0.05) is 13.0 Å². The molecule has 0 saturated carbocycles. The minimum absolute atomic E-state index is 0.0823. The number of rotatable bonds is 0. The van der Waals surface area contributed by atoms with E-state index < -0.39 is 0 Å². The zero-order valence-corrected chi connectivity index (χ0v) is 7.16. The first-order valence-electron chi connectivity index (χ1n) is 3.76. The number of carbonyl (C=O) groups excluding carboxylic acids is 1. The summed E-state index contributed by atoms with van der Waals surface area (Å²) in [7, 11) is 1.50. The molecule has 0 aliphatic heterocycles. The molecule has 0 heterocycles. The molecule has 0 bridgehead atoms. The number of aromatic hydroxyl groups is 1. The Labute approximate surface area is 76.4 Å². The number of benzene rings is 1. The molecule has 0 fully saturated rings. The Bertz CT molecular complexity index is 374. The fraction of sp³-hybridized carbons (Fsp3) is 0.100. The average molecular weight is 175 g/mol. The van der Waals surface area contributed by atoms with Crippen molar-refractivity contribution in [2.75, 3.05) is 7.05 Å². The van der Waals surface area contributed by atoms with Crippen LogP contribution in [0.3, 0.4) is 0 Å². The molecule has 0 aromatic heterocycles. The molecular formula is C10H9NO2. The van der Waals surface area contributed by atoms with Gasteiger partial charge in [0.15, 0.2) is 0 Å². The molecule has 0 atom stereocenters. The molecule has 3 heteroatoms. The third-order valence-corrected chi connectivity index (χ3v) is 1.44. The highest BCUT2D eigenvalue weighted by atomic mass is 16.3. The zero-order chi connectivity index (χ0) is 9.68. The van der Waals surface area contributed by atoms with Gasteiger partial charge in [-0.1, -0.05) is 18.1 Å². The van der Waals surface area contributed by atoms with E-state index in [1.54, 1.807) is 18.2 Å². The van der Waals surface area contributed by atoms with Gasteiger partial charge in [0.2, 0.25) is 0 Å². The molecule has 0 radical (unpaired) electrons. The van der Waals surface area contributed by atoms with E-state index in [1.165, 1.54) is 13.1 Å². The Hall–Kier alpha value is -1.95. The minimum Gasteiger partial charge on any atom is -0.507 e. The average Bonchev–Trinajstić information content (AvgIpc) is 2.16. The van der Waals surface area contributed by atoms with E-state index >= 15 is 0 Å². The van der Waals surface area contributed by atoms with Gasteiger partial charge in [0.05, 0.1) is 5.56 Å². The standard InChI is InChI=1S/C10H9NO2/c1-11-10(13)7-6-8-4-2-3-5-9(8)12/h2-5,12H,1H3,(H,11,13). The molecule has 0 unspecified atom stereocenters. The maximum absolute atomic E-state index is 10.7. The van der Waals surface area contributed by atoms with Crippen LogP contribution in [0.1, 0.15) is 5.56 Å². The van der Waals surface area contributed by atoms with E-state index in [1.807, 2.05) is 0 Å². The van der Waals surface area contributed by atoms with E-state index in [0.717, 1.165) is 0 Å². The van der Waals surface area contributed by atoms with Crippen LogP contribution in [0.4, 0.5) is 0 Å². The topological polar surface area (TPSA) is 49.3 Å². The van der Waals surface area contributed by atoms with Crippen molar-refractivity contribution < 1.29 is 9.90 Å². The van der Waals surface area contributed by atoms with E-state index in [2.05, 4.69) is 17.2 Å². The number of nitrogens with one attached hydrogen (secondary N) is 1. The van der Waals surface area contributed by atoms with Crippen LogP contribution in [0, 0.1) is 11.8 Å². The monoisotopic (exact) mass is 175 g/mol. The molecule has 0 spiro atoms. The quantitative estimate of drug-likeness (QED) is 0.564. The third kappa shape index (κ3) is 2.53. The summed E-state index contributed by atoms with van der Waals surface area (Å²) >= 11 is 0. The molecule has 0 aliphatic rings. The predicted octanol–water partition coefficient (Wildman–Crippen LogP) is 0.490. The Kier molecular flexibility index (Phi) is 2.93. The van der Waals surface area contributed by atoms with Gasteiger partial charge >= 0.3 is 0 Å². The summed E-state index contributed by atoms with van der Waals surface area (Å²) < 4.78 is 0. The molecule has 1 amide bonds. The van der Waals surface area contributed by atoms with Crippen LogP contribution in [0.5, 0.6) is 5.75 Å². The number of hydrogen-bond donors (Lipinski definition) is 2. The lowest BCUT2D eigenvalue weighted by Gasteiger charge is -1.93. The normalized spacial score (nSPS) is 8.38. The van der Waals surface area contributed by atoms with Crippen LogP contribution in [-0.2, 0) is 4.79 Å². The number of phenols is 1. The van der Waals surface area contributed by atoms with Gasteiger partial charge in [0.1, 0.15) is 5.75 Å². The van der Waals surface area contributed by atoms with Crippen molar-refractivity contribution in [3.8, 4) is 17.6 Å². The first-order chi connectivity index (χ1) is 6.24. The number of carbonyl (C=O) groups is 1. The van der Waals surface area contributed by atoms with Crippen LogP contribution in [0.2, 0.25) is 0 Å². The van der Waals surface area contributed by atoms with Crippen LogP contribution in [0.15, 0.2) is 24.3 Å². The Balaban J connectivity index is 2.89. The summed E-state index contributed by atoms with van der Waals surface area (Å²) in [5.41, 5.74) is 0.450. The minimum atomic E-state index is -0.372. The molecule has 66 valence electrons. The lowest BCUT2D eigenvalue weighted by molar-refractivity contribution is -0.115. The maximum atomic E-state index is 10.7. The first-order valence-corrected chi connectivity index (χ1v) is 3.76. The molecular weight excluding hydrogens is 166 g/mol. The number of hydrogen-bond acceptors (Lipinski definition) is 2. The van der Waals surface area contributed by atoms with Gasteiger partial charge in [-0.3, -0.25) is 4.79 Å². The predicted molar refractivity (Wildman–Crippen MR) is 49.1 cm³/mol. The van der Waals surface area contributed by atoms with Gasteiger partial charge in [-0.05, 0) is 12.1 Å². The van der Waals surface area contributed by atoms with Crippen LogP contribution >= 0.6 is 0 Å². The number of amides is 1.